The molecule has 0 N–H and O–H groups in total. The van der Waals surface area contributed by atoms with E-state index in [2.05, 4.69) is 4.90 Å². The maximum Gasteiger partial charge on any atom is 0.319 e. The maximum absolute atomic E-state index is 11.8. The van der Waals surface area contributed by atoms with Crippen molar-refractivity contribution >= 4 is 6.03 Å². The molecular formula is C15H23N3O2. The van der Waals surface area contributed by atoms with Gasteiger partial charge < -0.3 is 14.5 Å². The largest absolute Gasteiger partial charge is 0.492 e. The van der Waals surface area contributed by atoms with Gasteiger partial charge in [-0.2, -0.15) is 0 Å². The molecule has 1 aromatic carbocycles. The number of benzene rings is 1. The molecule has 0 saturated carbocycles. The van der Waals surface area contributed by atoms with Gasteiger partial charge in [-0.1, -0.05) is 18.2 Å². The van der Waals surface area contributed by atoms with E-state index in [1.165, 1.54) is 0 Å². The second-order valence-corrected chi connectivity index (χ2v) is 5.17. The molecule has 2 amide bonds. The normalized spacial score (nSPS) is 16.0. The molecule has 0 aromatic heterocycles. The molecule has 1 aliphatic heterocycles. The molecular weight excluding hydrogens is 254 g/mol. The fraction of sp³-hybridized carbons (Fsp3) is 0.533. The summed E-state index contributed by atoms with van der Waals surface area (Å²) >= 11 is 0. The second kappa shape index (κ2) is 7.14. The number of carbonyl (C=O) groups excluding carboxylic acids is 1. The summed E-state index contributed by atoms with van der Waals surface area (Å²) in [4.78, 5) is 17.7. The van der Waals surface area contributed by atoms with E-state index >= 15 is 0 Å². The van der Waals surface area contributed by atoms with E-state index in [9.17, 15) is 4.79 Å². The first-order valence-electron chi connectivity index (χ1n) is 7.03. The molecule has 0 unspecified atom stereocenters. The fourth-order valence-corrected chi connectivity index (χ4v) is 2.25. The predicted octanol–water partition coefficient (Wildman–Crippen LogP) is 1.36. The summed E-state index contributed by atoms with van der Waals surface area (Å²) in [6.07, 6.45) is 0. The van der Waals surface area contributed by atoms with Crippen LogP contribution in [0.5, 0.6) is 5.75 Å². The monoisotopic (exact) mass is 277 g/mol. The maximum atomic E-state index is 11.8. The van der Waals surface area contributed by atoms with Crippen LogP contribution < -0.4 is 4.74 Å². The third kappa shape index (κ3) is 4.13. The van der Waals surface area contributed by atoms with Gasteiger partial charge >= 0.3 is 6.03 Å². The molecule has 0 bridgehead atoms. The third-order valence-electron chi connectivity index (χ3n) is 3.44. The summed E-state index contributed by atoms with van der Waals surface area (Å²) < 4.78 is 5.69. The van der Waals surface area contributed by atoms with Crippen LogP contribution in [0.25, 0.3) is 0 Å². The molecule has 0 atom stereocenters. The molecule has 20 heavy (non-hydrogen) atoms. The number of piperazine rings is 1. The Morgan fingerprint density at radius 2 is 1.80 bits per heavy atom. The van der Waals surface area contributed by atoms with E-state index in [4.69, 9.17) is 4.74 Å². The highest BCUT2D eigenvalue weighted by Crippen LogP contribution is 2.09. The van der Waals surface area contributed by atoms with Gasteiger partial charge in [-0.25, -0.2) is 4.79 Å². The standard InChI is InChI=1S/C15H23N3O2/c1-16(2)15(19)18-10-8-17(9-11-18)12-13-20-14-6-4-3-5-7-14/h3-7H,8-13H2,1-2H3. The second-order valence-electron chi connectivity index (χ2n) is 5.17. The summed E-state index contributed by atoms with van der Waals surface area (Å²) in [7, 11) is 3.59. The molecule has 1 heterocycles. The van der Waals surface area contributed by atoms with Crippen molar-refractivity contribution in [3.8, 4) is 5.75 Å². The van der Waals surface area contributed by atoms with E-state index in [1.54, 1.807) is 19.0 Å². The van der Waals surface area contributed by atoms with Crippen molar-refractivity contribution in [2.45, 2.75) is 0 Å². The zero-order valence-electron chi connectivity index (χ0n) is 12.3. The van der Waals surface area contributed by atoms with E-state index in [0.717, 1.165) is 38.5 Å². The molecule has 0 spiro atoms. The lowest BCUT2D eigenvalue weighted by atomic mass is 10.3. The molecule has 5 nitrogen and oxygen atoms in total. The van der Waals surface area contributed by atoms with E-state index in [1.807, 2.05) is 35.2 Å². The Morgan fingerprint density at radius 1 is 1.15 bits per heavy atom. The van der Waals surface area contributed by atoms with Crippen LogP contribution in [0, 0.1) is 0 Å². The van der Waals surface area contributed by atoms with Gasteiger partial charge in [0.2, 0.25) is 0 Å². The molecule has 1 fully saturated rings. The van der Waals surface area contributed by atoms with Gasteiger partial charge in [0, 0.05) is 46.8 Å². The van der Waals surface area contributed by atoms with Crippen LogP contribution in [0.15, 0.2) is 30.3 Å². The van der Waals surface area contributed by atoms with Crippen molar-refractivity contribution in [2.24, 2.45) is 0 Å². The van der Waals surface area contributed by atoms with Crippen LogP contribution >= 0.6 is 0 Å². The number of ether oxygens (including phenoxy) is 1. The third-order valence-corrected chi connectivity index (χ3v) is 3.44. The highest BCUT2D eigenvalue weighted by atomic mass is 16.5. The van der Waals surface area contributed by atoms with Gasteiger partial charge in [-0.3, -0.25) is 4.90 Å². The topological polar surface area (TPSA) is 36.0 Å². The summed E-state index contributed by atoms with van der Waals surface area (Å²) in [5.74, 6) is 0.911. The lowest BCUT2D eigenvalue weighted by Gasteiger charge is -2.35. The lowest BCUT2D eigenvalue weighted by molar-refractivity contribution is 0.113. The van der Waals surface area contributed by atoms with Crippen molar-refractivity contribution in [1.82, 2.24) is 14.7 Å². The van der Waals surface area contributed by atoms with Crippen molar-refractivity contribution in [1.29, 1.82) is 0 Å². The number of para-hydroxylation sites is 1. The number of hydrogen-bond donors (Lipinski definition) is 0. The molecule has 1 aliphatic rings. The summed E-state index contributed by atoms with van der Waals surface area (Å²) in [5.41, 5.74) is 0. The first-order chi connectivity index (χ1) is 9.66. The summed E-state index contributed by atoms with van der Waals surface area (Å²) in [5, 5.41) is 0. The van der Waals surface area contributed by atoms with Crippen LogP contribution in [0.2, 0.25) is 0 Å². The van der Waals surface area contributed by atoms with Crippen LogP contribution in [0.1, 0.15) is 0 Å². The molecule has 110 valence electrons. The summed E-state index contributed by atoms with van der Waals surface area (Å²) in [6.45, 7) is 5.00. The minimum atomic E-state index is 0.102. The fourth-order valence-electron chi connectivity index (χ4n) is 2.25. The molecule has 2 rings (SSSR count). The first kappa shape index (κ1) is 14.7. The van der Waals surface area contributed by atoms with Crippen LogP contribution in [0.3, 0.4) is 0 Å². The zero-order valence-corrected chi connectivity index (χ0v) is 12.3. The minimum Gasteiger partial charge on any atom is -0.492 e. The van der Waals surface area contributed by atoms with Crippen LogP contribution in [-0.2, 0) is 0 Å². The van der Waals surface area contributed by atoms with Crippen molar-refractivity contribution in [3.63, 3.8) is 0 Å². The number of urea groups is 1. The molecule has 0 aliphatic carbocycles. The zero-order chi connectivity index (χ0) is 14.4. The molecule has 5 heteroatoms. The Balaban J connectivity index is 1.66. The highest BCUT2D eigenvalue weighted by Gasteiger charge is 2.21. The average molecular weight is 277 g/mol. The quantitative estimate of drug-likeness (QED) is 0.834. The Morgan fingerprint density at radius 3 is 2.40 bits per heavy atom. The van der Waals surface area contributed by atoms with E-state index < -0.39 is 0 Å². The lowest BCUT2D eigenvalue weighted by Crippen LogP contribution is -2.52. The number of carbonyl (C=O) groups is 1. The Hall–Kier alpha value is -1.75. The minimum absolute atomic E-state index is 0.102. The molecule has 1 saturated heterocycles. The van der Waals surface area contributed by atoms with Crippen molar-refractivity contribution in [3.05, 3.63) is 30.3 Å². The van der Waals surface area contributed by atoms with E-state index in [0.29, 0.717) is 6.61 Å². The van der Waals surface area contributed by atoms with Gasteiger partial charge in [-0.15, -0.1) is 0 Å². The van der Waals surface area contributed by atoms with Gasteiger partial charge in [0.05, 0.1) is 0 Å². The number of amides is 2. The van der Waals surface area contributed by atoms with Gasteiger partial charge in [-0.05, 0) is 12.1 Å². The van der Waals surface area contributed by atoms with Crippen LogP contribution in [-0.4, -0.2) is 74.2 Å². The van der Waals surface area contributed by atoms with Gasteiger partial charge in [0.15, 0.2) is 0 Å². The molecule has 1 aromatic rings. The number of rotatable bonds is 4. The summed E-state index contributed by atoms with van der Waals surface area (Å²) in [6, 6.07) is 9.96. The SMILES string of the molecule is CN(C)C(=O)N1CCN(CCOc2ccccc2)CC1. The van der Waals surface area contributed by atoms with Crippen molar-refractivity contribution < 1.29 is 9.53 Å². The van der Waals surface area contributed by atoms with Gasteiger partial charge in [0.25, 0.3) is 0 Å². The van der Waals surface area contributed by atoms with E-state index in [-0.39, 0.29) is 6.03 Å². The first-order valence-corrected chi connectivity index (χ1v) is 7.03. The average Bonchev–Trinajstić information content (AvgIpc) is 2.48. The van der Waals surface area contributed by atoms with Crippen LogP contribution in [0.4, 0.5) is 4.79 Å². The Bertz CT molecular complexity index is 414. The van der Waals surface area contributed by atoms with Crippen molar-refractivity contribution in [2.75, 3.05) is 53.4 Å². The Kier molecular flexibility index (Phi) is 5.24. The highest BCUT2D eigenvalue weighted by molar-refractivity contribution is 5.73. The predicted molar refractivity (Wildman–Crippen MR) is 79.0 cm³/mol. The molecule has 0 radical (unpaired) electrons. The number of nitrogens with zero attached hydrogens (tertiary/aromatic N) is 3. The Labute approximate surface area is 120 Å². The van der Waals surface area contributed by atoms with Gasteiger partial charge in [0.1, 0.15) is 12.4 Å². The number of hydrogen-bond acceptors (Lipinski definition) is 3. The smallest absolute Gasteiger partial charge is 0.319 e.